The zero-order chi connectivity index (χ0) is 7.72. The lowest BCUT2D eigenvalue weighted by molar-refractivity contribution is 0.453. The van der Waals surface area contributed by atoms with Crippen molar-refractivity contribution in [2.45, 2.75) is 13.8 Å². The first-order valence-corrected chi connectivity index (χ1v) is 3.11. The van der Waals surface area contributed by atoms with Gasteiger partial charge in [0.2, 0.25) is 0 Å². The van der Waals surface area contributed by atoms with Crippen molar-refractivity contribution >= 4 is 0 Å². The van der Waals surface area contributed by atoms with Gasteiger partial charge in [0.15, 0.2) is 0 Å². The van der Waals surface area contributed by atoms with Crippen LogP contribution < -0.4 is 0 Å². The Bertz CT molecular complexity index is 229. The smallest absolute Gasteiger partial charge is 0.119 e. The van der Waals surface area contributed by atoms with Gasteiger partial charge in [-0.3, -0.25) is 0 Å². The maximum Gasteiger partial charge on any atom is 0.119 e. The summed E-state index contributed by atoms with van der Waals surface area (Å²) in [4.78, 5) is 0. The second-order valence-electron chi connectivity index (χ2n) is 2.35. The monoisotopic (exact) mass is 156 g/mol. The summed E-state index contributed by atoms with van der Waals surface area (Å²) in [7, 11) is 0. The molecule has 3 heteroatoms. The van der Waals surface area contributed by atoms with Crippen molar-refractivity contribution in [1.82, 2.24) is 0 Å². The fourth-order valence-electron chi connectivity index (χ4n) is 0.792. The Morgan fingerprint density at radius 3 is 1.45 bits per heavy atom. The summed E-state index contributed by atoms with van der Waals surface area (Å²) in [6.07, 6.45) is 0. The molecule has 4 N–H and O–H groups in total. The van der Waals surface area contributed by atoms with Gasteiger partial charge in [-0.05, 0) is 37.1 Å². The summed E-state index contributed by atoms with van der Waals surface area (Å²) >= 11 is 0. The molecule has 0 aliphatic carbocycles. The highest BCUT2D eigenvalue weighted by atomic mass is 16.3. The zero-order valence-corrected chi connectivity index (χ0v) is 6.55. The molecule has 0 radical (unpaired) electrons. The minimum absolute atomic E-state index is 0. The Morgan fingerprint density at radius 2 is 1.18 bits per heavy atom. The van der Waals surface area contributed by atoms with Gasteiger partial charge in [-0.15, -0.1) is 0 Å². The molecule has 0 aromatic heterocycles. The van der Waals surface area contributed by atoms with Crippen LogP contribution in [0.15, 0.2) is 12.1 Å². The Morgan fingerprint density at radius 1 is 0.909 bits per heavy atom. The number of hydrogen-bond donors (Lipinski definition) is 2. The van der Waals surface area contributed by atoms with Gasteiger partial charge in [0.05, 0.1) is 0 Å². The number of rotatable bonds is 0. The van der Waals surface area contributed by atoms with Crippen molar-refractivity contribution in [3.63, 3.8) is 0 Å². The van der Waals surface area contributed by atoms with Gasteiger partial charge in [-0.25, -0.2) is 0 Å². The van der Waals surface area contributed by atoms with Crippen LogP contribution in [0.1, 0.15) is 11.1 Å². The molecule has 1 aromatic rings. The molecule has 11 heavy (non-hydrogen) atoms. The molecule has 0 aliphatic heterocycles. The molecule has 0 amide bonds. The summed E-state index contributed by atoms with van der Waals surface area (Å²) in [6.45, 7) is 3.54. The first kappa shape index (κ1) is 9.78. The molecule has 1 rings (SSSR count). The van der Waals surface area contributed by atoms with E-state index >= 15 is 0 Å². The summed E-state index contributed by atoms with van der Waals surface area (Å²) in [5.74, 6) is 0.464. The van der Waals surface area contributed by atoms with Gasteiger partial charge >= 0.3 is 0 Å². The van der Waals surface area contributed by atoms with Gasteiger partial charge in [-0.1, -0.05) is 0 Å². The van der Waals surface area contributed by atoms with Crippen LogP contribution in [0.4, 0.5) is 0 Å². The number of aromatic hydroxyl groups is 2. The van der Waals surface area contributed by atoms with Crippen molar-refractivity contribution in [2.75, 3.05) is 0 Å². The van der Waals surface area contributed by atoms with E-state index in [2.05, 4.69) is 0 Å². The van der Waals surface area contributed by atoms with E-state index in [9.17, 15) is 0 Å². The van der Waals surface area contributed by atoms with Crippen LogP contribution in [0, 0.1) is 13.8 Å². The third-order valence-electron chi connectivity index (χ3n) is 1.73. The predicted octanol–water partition coefficient (Wildman–Crippen LogP) is 0.890. The zero-order valence-electron chi connectivity index (χ0n) is 6.55. The Labute approximate surface area is 65.2 Å². The maximum atomic E-state index is 9.11. The van der Waals surface area contributed by atoms with Crippen LogP contribution >= 0.6 is 0 Å². The van der Waals surface area contributed by atoms with Gasteiger partial charge in [0, 0.05) is 0 Å². The summed E-state index contributed by atoms with van der Waals surface area (Å²) in [5.41, 5.74) is 1.47. The molecule has 0 atom stereocenters. The van der Waals surface area contributed by atoms with Crippen LogP contribution in [0.2, 0.25) is 0 Å². The van der Waals surface area contributed by atoms with Gasteiger partial charge in [0.25, 0.3) is 0 Å². The lowest BCUT2D eigenvalue weighted by Crippen LogP contribution is -1.81. The average Bonchev–Trinajstić information content (AvgIpc) is 1.93. The van der Waals surface area contributed by atoms with Crippen LogP contribution in [-0.2, 0) is 0 Å². The molecule has 62 valence electrons. The van der Waals surface area contributed by atoms with E-state index in [1.54, 1.807) is 13.8 Å². The lowest BCUT2D eigenvalue weighted by atomic mass is 10.1. The number of hydrogen-bond acceptors (Lipinski definition) is 2. The normalized spacial score (nSPS) is 8.91. The highest BCUT2D eigenvalue weighted by Gasteiger charge is 2.02. The molecule has 0 saturated carbocycles. The van der Waals surface area contributed by atoms with E-state index in [1.807, 2.05) is 0 Å². The fraction of sp³-hybridized carbons (Fsp3) is 0.250. The number of phenols is 2. The molecule has 0 spiro atoms. The predicted molar refractivity (Wildman–Crippen MR) is 42.9 cm³/mol. The van der Waals surface area contributed by atoms with Crippen molar-refractivity contribution in [3.8, 4) is 11.5 Å². The minimum Gasteiger partial charge on any atom is -0.508 e. The van der Waals surface area contributed by atoms with Crippen LogP contribution in [-0.4, -0.2) is 15.7 Å². The van der Waals surface area contributed by atoms with Crippen molar-refractivity contribution < 1.29 is 15.7 Å². The standard InChI is InChI=1S/C8H10O2.H2O/c1-5-6(2)8(10)4-3-7(5)9;/h3-4,9-10H,1-2H3;1H2. The number of phenolic OH excluding ortho intramolecular Hbond substituents is 2. The van der Waals surface area contributed by atoms with E-state index in [1.165, 1.54) is 12.1 Å². The van der Waals surface area contributed by atoms with Crippen LogP contribution in [0.5, 0.6) is 11.5 Å². The molecule has 0 bridgehead atoms. The highest BCUT2D eigenvalue weighted by molar-refractivity contribution is 5.45. The third kappa shape index (κ3) is 1.62. The molecule has 3 nitrogen and oxygen atoms in total. The minimum atomic E-state index is 0. The highest BCUT2D eigenvalue weighted by Crippen LogP contribution is 2.26. The summed E-state index contributed by atoms with van der Waals surface area (Å²) in [6, 6.07) is 2.97. The lowest BCUT2D eigenvalue weighted by Gasteiger charge is -2.03. The molecular weight excluding hydrogens is 144 g/mol. The van der Waals surface area contributed by atoms with E-state index in [0.717, 1.165) is 11.1 Å². The van der Waals surface area contributed by atoms with E-state index in [-0.39, 0.29) is 17.0 Å². The summed E-state index contributed by atoms with van der Waals surface area (Å²) in [5, 5.41) is 18.2. The maximum absolute atomic E-state index is 9.11. The van der Waals surface area contributed by atoms with Crippen LogP contribution in [0.3, 0.4) is 0 Å². The molecule has 1 aromatic carbocycles. The van der Waals surface area contributed by atoms with Gasteiger partial charge in [0.1, 0.15) is 11.5 Å². The first-order valence-electron chi connectivity index (χ1n) is 3.11. The van der Waals surface area contributed by atoms with Crippen molar-refractivity contribution in [2.24, 2.45) is 0 Å². The second kappa shape index (κ2) is 3.25. The largest absolute Gasteiger partial charge is 0.508 e. The van der Waals surface area contributed by atoms with Gasteiger partial charge in [-0.2, -0.15) is 0 Å². The molecule has 0 saturated heterocycles. The van der Waals surface area contributed by atoms with Crippen LogP contribution in [0.25, 0.3) is 0 Å². The molecular formula is C8H12O3. The first-order chi connectivity index (χ1) is 4.63. The Balaban J connectivity index is 0.000001000. The molecule has 0 aliphatic rings. The van der Waals surface area contributed by atoms with E-state index in [4.69, 9.17) is 10.2 Å². The van der Waals surface area contributed by atoms with Crippen molar-refractivity contribution in [1.29, 1.82) is 0 Å². The average molecular weight is 156 g/mol. The topological polar surface area (TPSA) is 72.0 Å². The molecule has 0 fully saturated rings. The second-order valence-corrected chi connectivity index (χ2v) is 2.35. The number of benzene rings is 1. The van der Waals surface area contributed by atoms with Gasteiger partial charge < -0.3 is 15.7 Å². The molecule has 0 unspecified atom stereocenters. The Kier molecular flexibility index (Phi) is 2.89. The van der Waals surface area contributed by atoms with E-state index in [0.29, 0.717) is 0 Å². The quantitative estimate of drug-likeness (QED) is 0.547. The fourth-order valence-corrected chi connectivity index (χ4v) is 0.792. The third-order valence-corrected chi connectivity index (χ3v) is 1.73. The molecule has 0 heterocycles. The SMILES string of the molecule is Cc1c(O)ccc(O)c1C.O. The van der Waals surface area contributed by atoms with E-state index < -0.39 is 0 Å². The van der Waals surface area contributed by atoms with Crippen molar-refractivity contribution in [3.05, 3.63) is 23.3 Å². The summed E-state index contributed by atoms with van der Waals surface area (Å²) < 4.78 is 0. The Hall–Kier alpha value is -1.22.